The van der Waals surface area contributed by atoms with E-state index in [0.29, 0.717) is 29.9 Å². The minimum Gasteiger partial charge on any atom is -0.508 e. The number of nitrogens with zero attached hydrogens (tertiary/aromatic N) is 2. The predicted molar refractivity (Wildman–Crippen MR) is 86.9 cm³/mol. The van der Waals surface area contributed by atoms with Gasteiger partial charge in [-0.15, -0.1) is 0 Å². The monoisotopic (exact) mass is 308 g/mol. The molecule has 1 aliphatic rings. The number of carbonyl (C=O) groups is 1. The number of phenols is 2. The Morgan fingerprint density at radius 3 is 2.74 bits per heavy atom. The molecule has 0 aliphatic carbocycles. The van der Waals surface area contributed by atoms with Crippen LogP contribution in [0.15, 0.2) is 29.3 Å². The number of hydrogen-bond acceptors (Lipinski definition) is 4. The van der Waals surface area contributed by atoms with Crippen molar-refractivity contribution in [2.45, 2.75) is 45.4 Å². The molecule has 6 heteroatoms. The number of carbonyl (C=O) groups excluding carboxylic acids is 1. The predicted octanol–water partition coefficient (Wildman–Crippen LogP) is 1.12. The molecule has 1 amide bonds. The van der Waals surface area contributed by atoms with Gasteiger partial charge in [0.05, 0.1) is 0 Å². The first-order valence-electron chi connectivity index (χ1n) is 7.64. The van der Waals surface area contributed by atoms with Crippen molar-refractivity contribution in [2.24, 2.45) is 4.99 Å². The van der Waals surface area contributed by atoms with Crippen molar-refractivity contribution in [3.05, 3.63) is 35.2 Å². The zero-order chi connectivity index (χ0) is 15.9. The van der Waals surface area contributed by atoms with E-state index >= 15 is 0 Å². The van der Waals surface area contributed by atoms with E-state index in [2.05, 4.69) is 17.2 Å². The molecule has 1 aromatic carbocycles. The van der Waals surface area contributed by atoms with Crippen LogP contribution >= 0.6 is 0 Å². The van der Waals surface area contributed by atoms with Crippen LogP contribution in [0, 0.1) is 0 Å². The largest absolute Gasteiger partial charge is 1.00 e. The van der Waals surface area contributed by atoms with Crippen LogP contribution in [0.2, 0.25) is 0 Å². The van der Waals surface area contributed by atoms with Crippen LogP contribution in [0.1, 0.15) is 51.0 Å². The third-order valence-corrected chi connectivity index (χ3v) is 3.48. The zero-order valence-corrected chi connectivity index (χ0v) is 13.7. The normalized spacial score (nSPS) is 13.1. The molecule has 0 radical (unpaired) electrons. The Bertz CT molecular complexity index is 612. The number of aromatic hydroxyl groups is 2. The molecule has 23 heavy (non-hydrogen) atoms. The standard InChI is InChI=1S/C17H22N2O3.Li/c1-2-3-4-5-6-17(22)19-16-10-9-14(18-16)13-8-7-12(20)11-15(13)21;/h7-9,11H,2-6,10H2,1H3,(H3,18,19,20,21,22);/q;+1/p-1. The number of phenolic OH excluding ortho intramolecular Hbond substituents is 2. The molecule has 2 rings (SSSR count). The molecule has 118 valence electrons. The number of amides is 1. The van der Waals surface area contributed by atoms with Gasteiger partial charge in [-0.25, -0.2) is 0 Å². The molecular weight excluding hydrogens is 287 g/mol. The molecule has 0 fully saturated rings. The summed E-state index contributed by atoms with van der Waals surface area (Å²) in [5, 5.41) is 23.1. The summed E-state index contributed by atoms with van der Waals surface area (Å²) in [7, 11) is 0. The number of aliphatic imine (C=N–C) groups is 1. The van der Waals surface area contributed by atoms with E-state index in [1.54, 1.807) is 6.07 Å². The number of hydrogen-bond donors (Lipinski definition) is 2. The Kier molecular flexibility index (Phi) is 7.94. The summed E-state index contributed by atoms with van der Waals surface area (Å²) >= 11 is 0. The molecule has 1 heterocycles. The second-order valence-corrected chi connectivity index (χ2v) is 5.34. The van der Waals surface area contributed by atoms with Crippen LogP contribution in [-0.4, -0.2) is 22.0 Å². The molecule has 1 aliphatic heterocycles. The average Bonchev–Trinajstić information content (AvgIpc) is 2.92. The minimum absolute atomic E-state index is 0. The van der Waals surface area contributed by atoms with E-state index in [9.17, 15) is 15.0 Å². The van der Waals surface area contributed by atoms with Crippen LogP contribution in [0.25, 0.3) is 11.0 Å². The topological polar surface area (TPSA) is 84.0 Å². The van der Waals surface area contributed by atoms with Gasteiger partial charge in [-0.1, -0.05) is 38.1 Å². The maximum absolute atomic E-state index is 11.8. The SMILES string of the molecule is CCCCCCC(=O)[N-]C1=NC(c2ccc(O)cc2O)=CC1.[Li+]. The van der Waals surface area contributed by atoms with E-state index in [4.69, 9.17) is 0 Å². The molecule has 0 unspecified atom stereocenters. The van der Waals surface area contributed by atoms with Gasteiger partial charge in [-0.05, 0) is 30.7 Å². The van der Waals surface area contributed by atoms with Crippen molar-refractivity contribution in [1.82, 2.24) is 0 Å². The van der Waals surface area contributed by atoms with Gasteiger partial charge in [-0.3, -0.25) is 4.79 Å². The Balaban J connectivity index is 0.00000264. The first-order chi connectivity index (χ1) is 10.6. The van der Waals surface area contributed by atoms with Crippen LogP contribution in [0.4, 0.5) is 0 Å². The van der Waals surface area contributed by atoms with Crippen molar-refractivity contribution in [1.29, 1.82) is 0 Å². The van der Waals surface area contributed by atoms with Crippen LogP contribution in [0.5, 0.6) is 11.5 Å². The molecule has 0 spiro atoms. The van der Waals surface area contributed by atoms with Gasteiger partial charge in [0.15, 0.2) is 0 Å². The van der Waals surface area contributed by atoms with Crippen molar-refractivity contribution in [2.75, 3.05) is 0 Å². The van der Waals surface area contributed by atoms with Crippen LogP contribution < -0.4 is 18.9 Å². The molecule has 0 saturated carbocycles. The third kappa shape index (κ3) is 5.78. The smallest absolute Gasteiger partial charge is 0.508 e. The molecule has 5 nitrogen and oxygen atoms in total. The second kappa shape index (κ2) is 9.44. The van der Waals surface area contributed by atoms with Crippen LogP contribution in [0.3, 0.4) is 0 Å². The minimum atomic E-state index is -0.139. The van der Waals surface area contributed by atoms with E-state index in [-0.39, 0.29) is 36.3 Å². The fourth-order valence-electron chi connectivity index (χ4n) is 2.30. The third-order valence-electron chi connectivity index (χ3n) is 3.48. The summed E-state index contributed by atoms with van der Waals surface area (Å²) in [4.78, 5) is 16.0. The quantitative estimate of drug-likeness (QED) is 0.610. The summed E-state index contributed by atoms with van der Waals surface area (Å²) in [6.45, 7) is 2.13. The van der Waals surface area contributed by atoms with Crippen molar-refractivity contribution in [3.8, 4) is 11.5 Å². The molecule has 0 saturated heterocycles. The fraction of sp³-hybridized carbons (Fsp3) is 0.412. The number of unbranched alkanes of at least 4 members (excludes halogenated alkanes) is 3. The summed E-state index contributed by atoms with van der Waals surface area (Å²) < 4.78 is 0. The zero-order valence-electron chi connectivity index (χ0n) is 13.7. The average molecular weight is 308 g/mol. The maximum Gasteiger partial charge on any atom is 1.00 e. The van der Waals surface area contributed by atoms with Crippen molar-refractivity contribution in [3.63, 3.8) is 0 Å². The Labute approximate surface area is 148 Å². The molecule has 2 N–H and O–H groups in total. The van der Waals surface area contributed by atoms with E-state index in [0.717, 1.165) is 25.7 Å². The van der Waals surface area contributed by atoms with Gasteiger partial charge in [0.1, 0.15) is 17.4 Å². The fourth-order valence-corrected chi connectivity index (χ4v) is 2.30. The van der Waals surface area contributed by atoms with Gasteiger partial charge in [0.25, 0.3) is 0 Å². The van der Waals surface area contributed by atoms with Crippen LogP contribution in [-0.2, 0) is 4.79 Å². The first-order valence-corrected chi connectivity index (χ1v) is 7.64. The summed E-state index contributed by atoms with van der Waals surface area (Å²) in [5.41, 5.74) is 1.11. The Hall–Kier alpha value is -1.70. The molecule has 0 bridgehead atoms. The van der Waals surface area contributed by atoms with Gasteiger partial charge >= 0.3 is 18.9 Å². The van der Waals surface area contributed by atoms with Gasteiger partial charge in [-0.2, -0.15) is 0 Å². The molecule has 0 aromatic heterocycles. The first kappa shape index (κ1) is 19.3. The Morgan fingerprint density at radius 1 is 1.26 bits per heavy atom. The molecular formula is C17H21LiN2O3. The van der Waals surface area contributed by atoms with Crippen molar-refractivity contribution < 1.29 is 33.9 Å². The molecule has 1 aromatic rings. The van der Waals surface area contributed by atoms with Gasteiger partial charge in [0, 0.05) is 18.1 Å². The number of amidine groups is 1. The van der Waals surface area contributed by atoms with E-state index in [1.807, 2.05) is 6.08 Å². The summed E-state index contributed by atoms with van der Waals surface area (Å²) in [6.07, 6.45) is 6.95. The summed E-state index contributed by atoms with van der Waals surface area (Å²) in [5.74, 6) is 0.292. The maximum atomic E-state index is 11.8. The van der Waals surface area contributed by atoms with Gasteiger partial charge in [0.2, 0.25) is 0 Å². The Morgan fingerprint density at radius 2 is 2.04 bits per heavy atom. The van der Waals surface area contributed by atoms with Gasteiger partial charge < -0.3 is 20.5 Å². The van der Waals surface area contributed by atoms with Crippen molar-refractivity contribution >= 4 is 17.4 Å². The summed E-state index contributed by atoms with van der Waals surface area (Å²) in [6, 6.07) is 4.34. The number of rotatable bonds is 6. The second-order valence-electron chi connectivity index (χ2n) is 5.34. The molecule has 0 atom stereocenters. The number of benzene rings is 1. The van der Waals surface area contributed by atoms with E-state index < -0.39 is 0 Å². The van der Waals surface area contributed by atoms with E-state index in [1.165, 1.54) is 12.1 Å².